The average molecular weight is 293 g/mol. The number of hydrazone groups is 1. The number of hydrogen-bond acceptors (Lipinski definition) is 3. The molecule has 0 spiro atoms. The lowest BCUT2D eigenvalue weighted by atomic mass is 10.2. The van der Waals surface area contributed by atoms with Crippen LogP contribution in [-0.2, 0) is 4.79 Å². The van der Waals surface area contributed by atoms with Crippen LogP contribution in [0, 0.1) is 0 Å². The summed E-state index contributed by atoms with van der Waals surface area (Å²) in [6.07, 6.45) is 5.13. The van der Waals surface area contributed by atoms with Crippen molar-refractivity contribution >= 4 is 23.5 Å². The molecule has 22 heavy (non-hydrogen) atoms. The van der Waals surface area contributed by atoms with Crippen LogP contribution >= 0.6 is 0 Å². The first-order valence-corrected chi connectivity index (χ1v) is 7.08. The summed E-state index contributed by atoms with van der Waals surface area (Å²) < 4.78 is 1.85. The molecule has 0 saturated heterocycles. The number of para-hydroxylation sites is 1. The zero-order valence-corrected chi connectivity index (χ0v) is 12.5. The summed E-state index contributed by atoms with van der Waals surface area (Å²) in [5.41, 5.74) is 2.67. The minimum Gasteiger partial charge on any atom is -0.268 e. The van der Waals surface area contributed by atoms with Crippen molar-refractivity contribution < 1.29 is 9.48 Å². The molecule has 5 heteroatoms. The fourth-order valence-electron chi connectivity index (χ4n) is 2.43. The molecule has 3 rings (SSSR count). The van der Waals surface area contributed by atoms with Crippen molar-refractivity contribution in [1.29, 1.82) is 0 Å². The molecule has 1 aliphatic heterocycles. The third-order valence-electron chi connectivity index (χ3n) is 3.73. The maximum absolute atomic E-state index is 12.7. The number of carbonyl (C=O) groups excluding carboxylic acids is 1. The lowest BCUT2D eigenvalue weighted by molar-refractivity contribution is -0.495. The normalized spacial score (nSPS) is 18.5. The van der Waals surface area contributed by atoms with Crippen molar-refractivity contribution in [3.8, 4) is 0 Å². The van der Waals surface area contributed by atoms with Gasteiger partial charge in [-0.3, -0.25) is 14.8 Å². The Labute approximate surface area is 129 Å². The van der Waals surface area contributed by atoms with Gasteiger partial charge in [0, 0.05) is 25.5 Å². The van der Waals surface area contributed by atoms with E-state index in [4.69, 9.17) is 0 Å². The molecule has 0 fully saturated rings. The molecule has 1 aromatic carbocycles. The Morgan fingerprint density at radius 3 is 2.55 bits per heavy atom. The van der Waals surface area contributed by atoms with E-state index in [1.165, 1.54) is 0 Å². The number of hydrogen-bond donors (Lipinski definition) is 0. The number of aliphatic imine (C=N–C) groups is 1. The number of pyridine rings is 1. The van der Waals surface area contributed by atoms with Crippen LogP contribution in [0.25, 0.3) is 0 Å². The van der Waals surface area contributed by atoms with E-state index in [9.17, 15) is 4.79 Å². The van der Waals surface area contributed by atoms with Gasteiger partial charge in [0.25, 0.3) is 0 Å². The summed E-state index contributed by atoms with van der Waals surface area (Å²) in [6.45, 7) is 1.93. The smallest absolute Gasteiger partial charge is 0.268 e. The Morgan fingerprint density at radius 1 is 1.18 bits per heavy atom. The third-order valence-corrected chi connectivity index (χ3v) is 3.73. The van der Waals surface area contributed by atoms with Gasteiger partial charge in [-0.05, 0) is 29.8 Å². The first-order valence-electron chi connectivity index (χ1n) is 7.08. The Kier molecular flexibility index (Phi) is 3.78. The first kappa shape index (κ1) is 14.1. The summed E-state index contributed by atoms with van der Waals surface area (Å²) in [6, 6.07) is 12.8. The highest BCUT2D eigenvalue weighted by molar-refractivity contribution is 6.15. The van der Waals surface area contributed by atoms with E-state index in [1.807, 2.05) is 61.1 Å². The second-order valence-electron chi connectivity index (χ2n) is 5.11. The van der Waals surface area contributed by atoms with Crippen molar-refractivity contribution in [2.45, 2.75) is 13.0 Å². The highest BCUT2D eigenvalue weighted by Crippen LogP contribution is 2.20. The largest absolute Gasteiger partial charge is 0.318 e. The second-order valence-corrected chi connectivity index (χ2v) is 5.11. The molecule has 1 amide bonds. The van der Waals surface area contributed by atoms with Crippen LogP contribution in [-0.4, -0.2) is 40.6 Å². The Balaban J connectivity index is 1.89. The standard InChI is InChI=1S/C17H17N4O/c1-13-16(19-12-14-8-10-18-11-9-14)17(22)21(20(13)2)15-6-4-3-5-7-15/h3-12,16H,1-2H3/q+1/t16-/m1/s1. The molecular weight excluding hydrogens is 276 g/mol. The fraction of sp³-hybridized carbons (Fsp3) is 0.176. The van der Waals surface area contributed by atoms with Crippen molar-refractivity contribution in [3.05, 3.63) is 60.4 Å². The average Bonchev–Trinajstić information content (AvgIpc) is 2.77. The Morgan fingerprint density at radius 2 is 1.86 bits per heavy atom. The van der Waals surface area contributed by atoms with Crippen LogP contribution in [0.4, 0.5) is 5.69 Å². The summed E-state index contributed by atoms with van der Waals surface area (Å²) >= 11 is 0. The van der Waals surface area contributed by atoms with Crippen LogP contribution < -0.4 is 5.01 Å². The Hall–Kier alpha value is -2.82. The van der Waals surface area contributed by atoms with Gasteiger partial charge in [0.2, 0.25) is 11.8 Å². The van der Waals surface area contributed by atoms with Gasteiger partial charge >= 0.3 is 5.91 Å². The monoisotopic (exact) mass is 293 g/mol. The van der Waals surface area contributed by atoms with E-state index in [0.717, 1.165) is 17.0 Å². The van der Waals surface area contributed by atoms with Gasteiger partial charge in [-0.1, -0.05) is 23.2 Å². The molecular formula is C17H17N4O+. The number of carbonyl (C=O) groups is 1. The lowest BCUT2D eigenvalue weighted by Crippen LogP contribution is -2.35. The summed E-state index contributed by atoms with van der Waals surface area (Å²) in [5, 5.41) is 1.66. The predicted octanol–water partition coefficient (Wildman–Crippen LogP) is 1.93. The van der Waals surface area contributed by atoms with Crippen molar-refractivity contribution in [1.82, 2.24) is 4.98 Å². The quantitative estimate of drug-likeness (QED) is 0.641. The van der Waals surface area contributed by atoms with Gasteiger partial charge in [0.15, 0.2) is 7.05 Å². The number of rotatable bonds is 3. The summed E-state index contributed by atoms with van der Waals surface area (Å²) in [7, 11) is 1.88. The van der Waals surface area contributed by atoms with Crippen molar-refractivity contribution in [2.75, 3.05) is 12.1 Å². The highest BCUT2D eigenvalue weighted by atomic mass is 16.2. The van der Waals surface area contributed by atoms with Gasteiger partial charge < -0.3 is 0 Å². The number of hydrazine groups is 1. The molecule has 0 saturated carbocycles. The highest BCUT2D eigenvalue weighted by Gasteiger charge is 2.44. The number of benzene rings is 1. The minimum absolute atomic E-state index is 0.0449. The molecule has 5 nitrogen and oxygen atoms in total. The molecule has 0 radical (unpaired) electrons. The van der Waals surface area contributed by atoms with E-state index in [0.29, 0.717) is 0 Å². The predicted molar refractivity (Wildman–Crippen MR) is 86.4 cm³/mol. The van der Waals surface area contributed by atoms with Crippen molar-refractivity contribution in [2.24, 2.45) is 4.99 Å². The van der Waals surface area contributed by atoms with Gasteiger partial charge in [0.05, 0.1) is 0 Å². The summed E-state index contributed by atoms with van der Waals surface area (Å²) in [5.74, 6) is -0.0449. The van der Waals surface area contributed by atoms with Crippen LogP contribution in [0.15, 0.2) is 59.9 Å². The van der Waals surface area contributed by atoms with Crippen molar-refractivity contribution in [3.63, 3.8) is 0 Å². The number of nitrogens with zero attached hydrogens (tertiary/aromatic N) is 4. The van der Waals surface area contributed by atoms with E-state index in [2.05, 4.69) is 9.98 Å². The number of anilines is 1. The zero-order valence-electron chi connectivity index (χ0n) is 12.5. The molecule has 0 N–H and O–H groups in total. The third kappa shape index (κ3) is 2.53. The molecule has 2 heterocycles. The topological polar surface area (TPSA) is 48.6 Å². The zero-order chi connectivity index (χ0) is 15.5. The van der Waals surface area contributed by atoms with Gasteiger partial charge in [-0.15, -0.1) is 4.68 Å². The molecule has 110 valence electrons. The van der Waals surface area contributed by atoms with Gasteiger partial charge in [0.1, 0.15) is 5.69 Å². The van der Waals surface area contributed by atoms with Gasteiger partial charge in [-0.2, -0.15) is 0 Å². The van der Waals surface area contributed by atoms with Crippen LogP contribution in [0.3, 0.4) is 0 Å². The summed E-state index contributed by atoms with van der Waals surface area (Å²) in [4.78, 5) is 21.1. The Bertz CT molecular complexity index is 738. The first-order chi connectivity index (χ1) is 10.7. The van der Waals surface area contributed by atoms with Crippen LogP contribution in [0.5, 0.6) is 0 Å². The molecule has 0 bridgehead atoms. The maximum Gasteiger partial charge on any atom is 0.318 e. The van der Waals surface area contributed by atoms with Crippen LogP contribution in [0.2, 0.25) is 0 Å². The van der Waals surface area contributed by atoms with E-state index >= 15 is 0 Å². The minimum atomic E-state index is -0.488. The lowest BCUT2D eigenvalue weighted by Gasteiger charge is -2.10. The molecule has 1 aliphatic rings. The molecule has 1 atom stereocenters. The van der Waals surface area contributed by atoms with Crippen LogP contribution in [0.1, 0.15) is 12.5 Å². The maximum atomic E-state index is 12.7. The molecule has 0 unspecified atom stereocenters. The molecule has 2 aromatic rings. The second kappa shape index (κ2) is 5.89. The van der Waals surface area contributed by atoms with E-state index in [-0.39, 0.29) is 5.91 Å². The SMILES string of the molecule is CC1=[N+](C)N(c2ccccc2)C(=O)[C@@H]1N=Cc1ccncc1. The van der Waals surface area contributed by atoms with E-state index in [1.54, 1.807) is 23.6 Å². The number of aromatic nitrogens is 1. The molecule has 1 aromatic heterocycles. The van der Waals surface area contributed by atoms with Gasteiger partial charge in [-0.25, -0.2) is 0 Å². The number of amides is 1. The fourth-order valence-corrected chi connectivity index (χ4v) is 2.43. The van der Waals surface area contributed by atoms with E-state index < -0.39 is 6.04 Å². The molecule has 0 aliphatic carbocycles.